The third-order valence-corrected chi connectivity index (χ3v) is 3.75. The molecule has 0 aliphatic heterocycles. The Hall–Kier alpha value is -1.49. The Morgan fingerprint density at radius 3 is 2.68 bits per heavy atom. The van der Waals surface area contributed by atoms with Crippen LogP contribution < -0.4 is 10.6 Å². The molecule has 2 N–H and O–H groups in total. The first-order valence-corrected chi connectivity index (χ1v) is 6.44. The molecular weight excluding hydrogens is 250 g/mol. The van der Waals surface area contributed by atoms with Crippen molar-refractivity contribution in [2.45, 2.75) is 25.8 Å². The standard InChI is InChI=1S/C14H18F2N2O/c1-17-9-14(5-2-6-14)13(19)18-8-10-7-11(15)3-4-12(10)16/h3-4,7,17H,2,5-6,8-9H2,1H3,(H,18,19). The summed E-state index contributed by atoms with van der Waals surface area (Å²) in [5.74, 6) is -1.09. The molecule has 0 spiro atoms. The Labute approximate surface area is 111 Å². The van der Waals surface area contributed by atoms with Crippen LogP contribution in [0.3, 0.4) is 0 Å². The topological polar surface area (TPSA) is 41.1 Å². The van der Waals surface area contributed by atoms with Crippen molar-refractivity contribution in [1.82, 2.24) is 10.6 Å². The first kappa shape index (κ1) is 13.9. The summed E-state index contributed by atoms with van der Waals surface area (Å²) in [7, 11) is 1.81. The minimum Gasteiger partial charge on any atom is -0.351 e. The Bertz CT molecular complexity index is 473. The molecule has 3 nitrogen and oxygen atoms in total. The van der Waals surface area contributed by atoms with Crippen LogP contribution in [0.4, 0.5) is 8.78 Å². The van der Waals surface area contributed by atoms with Gasteiger partial charge in [-0.25, -0.2) is 8.78 Å². The predicted octanol–water partition coefficient (Wildman–Crippen LogP) is 1.97. The first-order chi connectivity index (χ1) is 9.07. The molecule has 0 bridgehead atoms. The first-order valence-electron chi connectivity index (χ1n) is 6.44. The largest absolute Gasteiger partial charge is 0.351 e. The van der Waals surface area contributed by atoms with E-state index in [1.165, 1.54) is 0 Å². The number of amides is 1. The molecule has 1 aromatic rings. The maximum Gasteiger partial charge on any atom is 0.227 e. The van der Waals surface area contributed by atoms with E-state index in [0.717, 1.165) is 37.5 Å². The van der Waals surface area contributed by atoms with Crippen LogP contribution in [0.25, 0.3) is 0 Å². The summed E-state index contributed by atoms with van der Waals surface area (Å²) in [4.78, 5) is 12.1. The van der Waals surface area contributed by atoms with Gasteiger partial charge in [0.15, 0.2) is 0 Å². The molecular formula is C14H18F2N2O. The Kier molecular flexibility index (Phi) is 4.14. The lowest BCUT2D eigenvalue weighted by Crippen LogP contribution is -2.50. The zero-order valence-electron chi connectivity index (χ0n) is 10.9. The van der Waals surface area contributed by atoms with Crippen molar-refractivity contribution in [3.63, 3.8) is 0 Å². The van der Waals surface area contributed by atoms with Crippen molar-refractivity contribution in [1.29, 1.82) is 0 Å². The molecule has 0 heterocycles. The normalized spacial score (nSPS) is 16.8. The van der Waals surface area contributed by atoms with Crippen molar-refractivity contribution < 1.29 is 13.6 Å². The number of hydrogen-bond donors (Lipinski definition) is 2. The third-order valence-electron chi connectivity index (χ3n) is 3.75. The van der Waals surface area contributed by atoms with Crippen molar-refractivity contribution >= 4 is 5.91 Å². The zero-order chi connectivity index (χ0) is 13.9. The second kappa shape index (κ2) is 5.65. The summed E-state index contributed by atoms with van der Waals surface area (Å²) in [5.41, 5.74) is -0.203. The molecule has 0 atom stereocenters. The summed E-state index contributed by atoms with van der Waals surface area (Å²) in [6, 6.07) is 3.25. The molecule has 1 fully saturated rings. The highest BCUT2D eigenvalue weighted by molar-refractivity contribution is 5.83. The van der Waals surface area contributed by atoms with E-state index in [2.05, 4.69) is 10.6 Å². The molecule has 0 unspecified atom stereocenters. The van der Waals surface area contributed by atoms with E-state index in [1.54, 1.807) is 7.05 Å². The lowest BCUT2D eigenvalue weighted by molar-refractivity contribution is -0.135. The minimum absolute atomic E-state index is 0.0217. The fraction of sp³-hybridized carbons (Fsp3) is 0.500. The van der Waals surface area contributed by atoms with Crippen molar-refractivity contribution in [3.05, 3.63) is 35.4 Å². The molecule has 0 radical (unpaired) electrons. The molecule has 1 amide bonds. The van der Waals surface area contributed by atoms with Crippen molar-refractivity contribution in [3.8, 4) is 0 Å². The van der Waals surface area contributed by atoms with Gasteiger partial charge >= 0.3 is 0 Å². The van der Waals surface area contributed by atoms with Crippen LogP contribution in [0, 0.1) is 17.0 Å². The van der Waals surface area contributed by atoms with Crippen molar-refractivity contribution in [2.75, 3.05) is 13.6 Å². The van der Waals surface area contributed by atoms with Gasteiger partial charge in [-0.1, -0.05) is 6.42 Å². The minimum atomic E-state index is -0.502. The van der Waals surface area contributed by atoms with Crippen molar-refractivity contribution in [2.24, 2.45) is 5.41 Å². The number of carbonyl (C=O) groups excluding carboxylic acids is 1. The van der Waals surface area contributed by atoms with E-state index in [0.29, 0.717) is 6.54 Å². The van der Waals surface area contributed by atoms with Gasteiger partial charge in [-0.2, -0.15) is 0 Å². The predicted molar refractivity (Wildman–Crippen MR) is 68.4 cm³/mol. The second-order valence-corrected chi connectivity index (χ2v) is 5.08. The van der Waals surface area contributed by atoms with Gasteiger partial charge in [-0.3, -0.25) is 4.79 Å². The van der Waals surface area contributed by atoms with Gasteiger partial charge in [-0.15, -0.1) is 0 Å². The van der Waals surface area contributed by atoms with Crippen LogP contribution >= 0.6 is 0 Å². The molecule has 5 heteroatoms. The summed E-state index contributed by atoms with van der Waals surface area (Å²) in [6.07, 6.45) is 2.71. The average molecular weight is 268 g/mol. The summed E-state index contributed by atoms with van der Waals surface area (Å²) >= 11 is 0. The van der Waals surface area contributed by atoms with Gasteiger partial charge in [0.05, 0.1) is 5.41 Å². The maximum absolute atomic E-state index is 13.4. The van der Waals surface area contributed by atoms with Crippen LogP contribution in [-0.2, 0) is 11.3 Å². The smallest absolute Gasteiger partial charge is 0.227 e. The van der Waals surface area contributed by atoms with E-state index < -0.39 is 11.6 Å². The van der Waals surface area contributed by atoms with E-state index in [1.807, 2.05) is 0 Å². The van der Waals surface area contributed by atoms with Gasteiger partial charge in [-0.05, 0) is 38.1 Å². The number of halogens is 2. The molecule has 2 rings (SSSR count). The summed E-state index contributed by atoms with van der Waals surface area (Å²) in [6.45, 7) is 0.637. The van der Waals surface area contributed by atoms with Crippen LogP contribution in [0.15, 0.2) is 18.2 Å². The van der Waals surface area contributed by atoms with Crippen LogP contribution in [0.5, 0.6) is 0 Å². The number of nitrogens with one attached hydrogen (secondary N) is 2. The monoisotopic (exact) mass is 268 g/mol. The van der Waals surface area contributed by atoms with Gasteiger partial charge in [0, 0.05) is 18.7 Å². The van der Waals surface area contributed by atoms with Gasteiger partial charge < -0.3 is 10.6 Å². The summed E-state index contributed by atoms with van der Waals surface area (Å²) in [5, 5.41) is 5.72. The van der Waals surface area contributed by atoms with Gasteiger partial charge in [0.2, 0.25) is 5.91 Å². The Morgan fingerprint density at radius 2 is 2.11 bits per heavy atom. The van der Waals surface area contributed by atoms with Gasteiger partial charge in [0.25, 0.3) is 0 Å². The Balaban J connectivity index is 1.98. The molecule has 19 heavy (non-hydrogen) atoms. The highest BCUT2D eigenvalue weighted by Crippen LogP contribution is 2.40. The highest BCUT2D eigenvalue weighted by Gasteiger charge is 2.43. The molecule has 1 aromatic carbocycles. The fourth-order valence-electron chi connectivity index (χ4n) is 2.47. The summed E-state index contributed by atoms with van der Waals surface area (Å²) < 4.78 is 26.4. The number of hydrogen-bond acceptors (Lipinski definition) is 2. The van der Waals surface area contributed by atoms with Crippen LogP contribution in [0.1, 0.15) is 24.8 Å². The molecule has 1 aliphatic rings. The lowest BCUT2D eigenvalue weighted by atomic mass is 9.68. The lowest BCUT2D eigenvalue weighted by Gasteiger charge is -2.40. The fourth-order valence-corrected chi connectivity index (χ4v) is 2.47. The van der Waals surface area contributed by atoms with E-state index >= 15 is 0 Å². The van der Waals surface area contributed by atoms with Crippen LogP contribution in [-0.4, -0.2) is 19.5 Å². The quantitative estimate of drug-likeness (QED) is 0.857. The second-order valence-electron chi connectivity index (χ2n) is 5.08. The molecule has 0 aromatic heterocycles. The van der Waals surface area contributed by atoms with Gasteiger partial charge in [0.1, 0.15) is 11.6 Å². The number of benzene rings is 1. The Morgan fingerprint density at radius 1 is 1.37 bits per heavy atom. The third kappa shape index (κ3) is 2.92. The van der Waals surface area contributed by atoms with E-state index in [-0.39, 0.29) is 23.4 Å². The molecule has 1 aliphatic carbocycles. The van der Waals surface area contributed by atoms with Crippen LogP contribution in [0.2, 0.25) is 0 Å². The zero-order valence-corrected chi connectivity index (χ0v) is 10.9. The number of rotatable bonds is 5. The highest BCUT2D eigenvalue weighted by atomic mass is 19.1. The number of carbonyl (C=O) groups is 1. The molecule has 0 saturated heterocycles. The van der Waals surface area contributed by atoms with E-state index in [9.17, 15) is 13.6 Å². The molecule has 104 valence electrons. The van der Waals surface area contributed by atoms with E-state index in [4.69, 9.17) is 0 Å². The SMILES string of the molecule is CNCC1(C(=O)NCc2cc(F)ccc2F)CCC1. The average Bonchev–Trinajstić information content (AvgIpc) is 2.34. The molecule has 1 saturated carbocycles. The maximum atomic E-state index is 13.4.